The lowest BCUT2D eigenvalue weighted by Crippen LogP contribution is -1.84. The fourth-order valence-electron chi connectivity index (χ4n) is 1.31. The largest absolute Gasteiger partial charge is 0.300 e. The van der Waals surface area contributed by atoms with Crippen molar-refractivity contribution in [2.45, 2.75) is 6.92 Å². The van der Waals surface area contributed by atoms with Crippen molar-refractivity contribution in [1.29, 1.82) is 0 Å². The lowest BCUT2D eigenvalue weighted by Gasteiger charge is -2.00. The summed E-state index contributed by atoms with van der Waals surface area (Å²) in [6.45, 7) is 1.91. The molecule has 1 radical (unpaired) electrons. The maximum absolute atomic E-state index is 7.66. The summed E-state index contributed by atoms with van der Waals surface area (Å²) in [5.74, 6) is 0. The lowest BCUT2D eigenvalue weighted by molar-refractivity contribution is 1.24. The summed E-state index contributed by atoms with van der Waals surface area (Å²) >= 11 is 0. The molecule has 0 unspecified atom stereocenters. The molecule has 0 saturated carbocycles. The number of pyridine rings is 1. The third kappa shape index (κ3) is 1.01. The van der Waals surface area contributed by atoms with Crippen LogP contribution < -0.4 is 5.73 Å². The van der Waals surface area contributed by atoms with E-state index in [0.717, 1.165) is 16.6 Å². The fourth-order valence-corrected chi connectivity index (χ4v) is 1.31. The van der Waals surface area contributed by atoms with Gasteiger partial charge in [0, 0.05) is 11.1 Å². The number of hydrogen-bond donors (Lipinski definition) is 0. The number of hydrogen-bond acceptors (Lipinski definition) is 1. The minimum atomic E-state index is 0.554. The Kier molecular flexibility index (Phi) is 1.47. The van der Waals surface area contributed by atoms with Gasteiger partial charge >= 0.3 is 0 Å². The first-order valence-electron chi connectivity index (χ1n) is 3.85. The van der Waals surface area contributed by atoms with E-state index in [2.05, 4.69) is 4.98 Å². The first kappa shape index (κ1) is 7.10. The van der Waals surface area contributed by atoms with E-state index in [1.807, 2.05) is 31.2 Å². The van der Waals surface area contributed by atoms with Crippen LogP contribution in [0.1, 0.15) is 5.69 Å². The molecule has 0 fully saturated rings. The predicted octanol–water partition coefficient (Wildman–Crippen LogP) is 2.46. The van der Waals surface area contributed by atoms with Crippen molar-refractivity contribution in [3.63, 3.8) is 0 Å². The molecule has 1 aromatic heterocycles. The smallest absolute Gasteiger partial charge is 0.0726 e. The third-order valence-corrected chi connectivity index (χ3v) is 1.84. The van der Waals surface area contributed by atoms with Gasteiger partial charge in [-0.2, -0.15) is 0 Å². The Morgan fingerprint density at radius 2 is 2.00 bits per heavy atom. The molecule has 0 spiro atoms. The van der Waals surface area contributed by atoms with Crippen LogP contribution >= 0.6 is 0 Å². The van der Waals surface area contributed by atoms with E-state index >= 15 is 0 Å². The van der Waals surface area contributed by atoms with Gasteiger partial charge in [-0.1, -0.05) is 18.2 Å². The number of fused-ring (bicyclic) bond motifs is 1. The Morgan fingerprint density at radius 1 is 1.25 bits per heavy atom. The standard InChI is InChI=1S/C10H9N2/c1-7-6-9(11)8-4-2-3-5-10(8)12-7/h2-6,11H,1H3. The zero-order valence-corrected chi connectivity index (χ0v) is 6.83. The number of aryl methyl sites for hydroxylation is 1. The first-order valence-corrected chi connectivity index (χ1v) is 3.85. The second-order valence-corrected chi connectivity index (χ2v) is 2.83. The molecule has 0 amide bonds. The van der Waals surface area contributed by atoms with Crippen molar-refractivity contribution in [2.75, 3.05) is 0 Å². The molecule has 0 atom stereocenters. The van der Waals surface area contributed by atoms with Gasteiger partial charge in [0.1, 0.15) is 0 Å². The molecule has 0 saturated heterocycles. The maximum Gasteiger partial charge on any atom is 0.0726 e. The van der Waals surface area contributed by atoms with E-state index in [1.165, 1.54) is 0 Å². The van der Waals surface area contributed by atoms with Gasteiger partial charge in [0.2, 0.25) is 0 Å². The van der Waals surface area contributed by atoms with E-state index in [9.17, 15) is 0 Å². The van der Waals surface area contributed by atoms with Crippen molar-refractivity contribution in [3.05, 3.63) is 36.0 Å². The Labute approximate surface area is 71.0 Å². The summed E-state index contributed by atoms with van der Waals surface area (Å²) in [6, 6.07) is 9.50. The molecule has 2 aromatic rings. The van der Waals surface area contributed by atoms with Crippen LogP contribution in [0.15, 0.2) is 30.3 Å². The van der Waals surface area contributed by atoms with Crippen molar-refractivity contribution in [2.24, 2.45) is 0 Å². The molecule has 1 N–H and O–H groups in total. The van der Waals surface area contributed by atoms with E-state index in [-0.39, 0.29) is 0 Å². The Hall–Kier alpha value is -1.57. The third-order valence-electron chi connectivity index (χ3n) is 1.84. The zero-order chi connectivity index (χ0) is 8.55. The van der Waals surface area contributed by atoms with Crippen LogP contribution in [0.25, 0.3) is 10.9 Å². The molecule has 1 heterocycles. The molecule has 0 aliphatic carbocycles. The Bertz CT molecular complexity index is 421. The number of para-hydroxylation sites is 1. The number of benzene rings is 1. The lowest BCUT2D eigenvalue weighted by atomic mass is 10.2. The van der Waals surface area contributed by atoms with E-state index in [4.69, 9.17) is 5.73 Å². The number of nitrogens with zero attached hydrogens (tertiary/aromatic N) is 1. The number of rotatable bonds is 0. The fraction of sp³-hybridized carbons (Fsp3) is 0.100. The predicted molar refractivity (Wildman–Crippen MR) is 49.2 cm³/mol. The van der Waals surface area contributed by atoms with Crippen molar-refractivity contribution >= 4 is 16.6 Å². The van der Waals surface area contributed by atoms with Gasteiger partial charge in [0.15, 0.2) is 0 Å². The SMILES string of the molecule is Cc1cc([NH])c2ccccc2n1. The van der Waals surface area contributed by atoms with Crippen LogP contribution in [0.4, 0.5) is 5.69 Å². The topological polar surface area (TPSA) is 36.7 Å². The van der Waals surface area contributed by atoms with Gasteiger partial charge in [0.05, 0.1) is 11.2 Å². The zero-order valence-electron chi connectivity index (χ0n) is 6.83. The van der Waals surface area contributed by atoms with Gasteiger partial charge < -0.3 is 5.73 Å². The highest BCUT2D eigenvalue weighted by Gasteiger charge is 1.98. The minimum absolute atomic E-state index is 0.554. The highest BCUT2D eigenvalue weighted by molar-refractivity contribution is 5.88. The second-order valence-electron chi connectivity index (χ2n) is 2.83. The average molecular weight is 157 g/mol. The van der Waals surface area contributed by atoms with E-state index in [0.29, 0.717) is 5.69 Å². The van der Waals surface area contributed by atoms with E-state index < -0.39 is 0 Å². The molecule has 59 valence electrons. The normalized spacial score (nSPS) is 10.4. The van der Waals surface area contributed by atoms with Gasteiger partial charge in [-0.3, -0.25) is 4.98 Å². The summed E-state index contributed by atoms with van der Waals surface area (Å²) < 4.78 is 0. The molecule has 2 heteroatoms. The molecule has 12 heavy (non-hydrogen) atoms. The summed E-state index contributed by atoms with van der Waals surface area (Å²) in [6.07, 6.45) is 0. The van der Waals surface area contributed by atoms with Gasteiger partial charge in [0.25, 0.3) is 0 Å². The summed E-state index contributed by atoms with van der Waals surface area (Å²) in [4.78, 5) is 4.32. The highest BCUT2D eigenvalue weighted by atomic mass is 14.7. The van der Waals surface area contributed by atoms with Crippen LogP contribution in [-0.4, -0.2) is 4.98 Å². The van der Waals surface area contributed by atoms with Gasteiger partial charge in [-0.15, -0.1) is 0 Å². The monoisotopic (exact) mass is 157 g/mol. The quantitative estimate of drug-likeness (QED) is 0.578. The average Bonchev–Trinajstić information content (AvgIpc) is 2.04. The second kappa shape index (κ2) is 2.48. The molecule has 2 nitrogen and oxygen atoms in total. The van der Waals surface area contributed by atoms with Gasteiger partial charge in [-0.05, 0) is 19.1 Å². The number of nitrogens with one attached hydrogen (secondary N) is 1. The molecule has 0 aliphatic rings. The van der Waals surface area contributed by atoms with Crippen LogP contribution in [0.5, 0.6) is 0 Å². The van der Waals surface area contributed by atoms with Crippen LogP contribution in [0.3, 0.4) is 0 Å². The maximum atomic E-state index is 7.66. The molecular formula is C10H9N2. The Morgan fingerprint density at radius 3 is 2.83 bits per heavy atom. The van der Waals surface area contributed by atoms with Crippen LogP contribution in [0.2, 0.25) is 0 Å². The highest BCUT2D eigenvalue weighted by Crippen LogP contribution is 2.20. The van der Waals surface area contributed by atoms with E-state index in [1.54, 1.807) is 6.07 Å². The summed E-state index contributed by atoms with van der Waals surface area (Å²) in [5.41, 5.74) is 10.0. The summed E-state index contributed by atoms with van der Waals surface area (Å²) in [5, 5.41) is 0.920. The Balaban J connectivity index is 2.89. The van der Waals surface area contributed by atoms with Crippen molar-refractivity contribution in [1.82, 2.24) is 10.7 Å². The van der Waals surface area contributed by atoms with Crippen LogP contribution in [0, 0.1) is 6.92 Å². The molecule has 0 bridgehead atoms. The molecule has 1 aromatic carbocycles. The van der Waals surface area contributed by atoms with Gasteiger partial charge in [-0.25, -0.2) is 0 Å². The first-order chi connectivity index (χ1) is 5.77. The van der Waals surface area contributed by atoms with Crippen molar-refractivity contribution in [3.8, 4) is 0 Å². The molecule has 0 aliphatic heterocycles. The molecular weight excluding hydrogens is 148 g/mol. The van der Waals surface area contributed by atoms with Crippen molar-refractivity contribution < 1.29 is 0 Å². The number of aromatic nitrogens is 1. The summed E-state index contributed by atoms with van der Waals surface area (Å²) in [7, 11) is 0. The minimum Gasteiger partial charge on any atom is -0.300 e. The molecule has 2 rings (SSSR count). The van der Waals surface area contributed by atoms with Crippen LogP contribution in [-0.2, 0) is 0 Å².